The van der Waals surface area contributed by atoms with Crippen LogP contribution >= 0.6 is 11.8 Å². The highest BCUT2D eigenvalue weighted by Gasteiger charge is 2.18. The van der Waals surface area contributed by atoms with Crippen LogP contribution < -0.4 is 5.43 Å². The van der Waals surface area contributed by atoms with E-state index in [4.69, 9.17) is 0 Å². The molecule has 1 aromatic heterocycles. The topological polar surface area (TPSA) is 59.3 Å². The lowest BCUT2D eigenvalue weighted by molar-refractivity contribution is -0.110. The van der Waals surface area contributed by atoms with Crippen molar-refractivity contribution in [1.82, 2.24) is 9.55 Å². The first-order valence-corrected chi connectivity index (χ1v) is 10.3. The van der Waals surface area contributed by atoms with E-state index in [0.717, 1.165) is 22.6 Å². The van der Waals surface area contributed by atoms with Gasteiger partial charge in [0.2, 0.25) is 0 Å². The predicted octanol–water partition coefficient (Wildman–Crippen LogP) is 5.65. The fourth-order valence-corrected chi connectivity index (χ4v) is 3.74. The molecule has 148 valence electrons. The zero-order valence-corrected chi connectivity index (χ0v) is 17.2. The number of nitrogens with zero attached hydrogens (tertiary/aromatic N) is 3. The summed E-state index contributed by atoms with van der Waals surface area (Å²) in [7, 11) is 0. The summed E-state index contributed by atoms with van der Waals surface area (Å²) < 4.78 is 2.04. The Kier molecular flexibility index (Phi) is 6.06. The van der Waals surface area contributed by atoms with E-state index in [1.54, 1.807) is 0 Å². The van der Waals surface area contributed by atoms with E-state index in [1.807, 2.05) is 102 Å². The number of hydrogen-bond acceptors (Lipinski definition) is 5. The second-order valence-electron chi connectivity index (χ2n) is 6.52. The smallest absolute Gasteiger partial charge is 0.186 e. The zero-order chi connectivity index (χ0) is 20.8. The molecule has 1 N–H and O–H groups in total. The van der Waals surface area contributed by atoms with Gasteiger partial charge in [0.25, 0.3) is 0 Å². The molecular weight excluding hydrogens is 392 g/mol. The van der Waals surface area contributed by atoms with Crippen LogP contribution in [0.5, 0.6) is 0 Å². The molecule has 6 heteroatoms. The van der Waals surface area contributed by atoms with Crippen LogP contribution in [0.1, 0.15) is 6.92 Å². The molecule has 0 spiro atoms. The van der Waals surface area contributed by atoms with E-state index < -0.39 is 0 Å². The van der Waals surface area contributed by atoms with Gasteiger partial charge in [-0.3, -0.25) is 14.8 Å². The summed E-state index contributed by atoms with van der Waals surface area (Å²) in [5, 5.41) is 5.34. The Labute approximate surface area is 179 Å². The summed E-state index contributed by atoms with van der Waals surface area (Å²) in [6, 6.07) is 29.6. The Morgan fingerprint density at radius 1 is 0.900 bits per heavy atom. The Bertz CT molecular complexity index is 1160. The molecule has 0 aliphatic carbocycles. The monoisotopic (exact) mass is 412 g/mol. The third-order valence-corrected chi connectivity index (χ3v) is 5.41. The van der Waals surface area contributed by atoms with E-state index >= 15 is 0 Å². The number of carbonyl (C=O) groups excluding carboxylic acids is 1. The van der Waals surface area contributed by atoms with Crippen molar-refractivity contribution in [2.75, 3.05) is 5.43 Å². The fourth-order valence-electron chi connectivity index (χ4n) is 2.93. The second-order valence-corrected chi connectivity index (χ2v) is 7.47. The minimum Gasteiger partial charge on any atom is -0.292 e. The summed E-state index contributed by atoms with van der Waals surface area (Å²) in [5.41, 5.74) is 6.73. The summed E-state index contributed by atoms with van der Waals surface area (Å²) in [6.07, 6.45) is 1.83. The van der Waals surface area contributed by atoms with Gasteiger partial charge in [0.05, 0.1) is 17.6 Å². The molecule has 0 unspecified atom stereocenters. The summed E-state index contributed by atoms with van der Waals surface area (Å²) in [5.74, 6) is -0.132. The van der Waals surface area contributed by atoms with Crippen LogP contribution in [0.4, 0.5) is 5.69 Å². The van der Waals surface area contributed by atoms with Crippen LogP contribution in [0.25, 0.3) is 16.9 Å². The van der Waals surface area contributed by atoms with Gasteiger partial charge in [-0.05, 0) is 36.0 Å². The van der Waals surface area contributed by atoms with Crippen molar-refractivity contribution in [2.24, 2.45) is 5.10 Å². The van der Waals surface area contributed by atoms with Crippen LogP contribution in [-0.2, 0) is 4.79 Å². The van der Waals surface area contributed by atoms with Gasteiger partial charge in [-0.1, -0.05) is 66.7 Å². The standard InChI is InChI=1S/C24H20N4OS/c1-18(29)23(27-26-20-13-7-3-8-14-20)30-24-25-17-22(19-11-5-2-6-12-19)28(24)21-15-9-4-10-16-21/h2-17,26H,1H3. The SMILES string of the molecule is CC(=O)C(=NNc1ccccc1)Sc1ncc(-c2ccccc2)n1-c1ccccc1. The number of thioether (sulfide) groups is 1. The molecule has 0 atom stereocenters. The Balaban J connectivity index is 1.73. The van der Waals surface area contributed by atoms with Crippen LogP contribution in [0.2, 0.25) is 0 Å². The number of carbonyl (C=O) groups is 1. The van der Waals surface area contributed by atoms with Gasteiger partial charge in [-0.15, -0.1) is 0 Å². The zero-order valence-electron chi connectivity index (χ0n) is 16.4. The molecule has 3 aromatic carbocycles. The number of aromatic nitrogens is 2. The molecule has 0 aliphatic rings. The van der Waals surface area contributed by atoms with Crippen LogP contribution in [-0.4, -0.2) is 20.4 Å². The third kappa shape index (κ3) is 4.50. The number of benzene rings is 3. The van der Waals surface area contributed by atoms with E-state index in [1.165, 1.54) is 18.7 Å². The third-order valence-electron chi connectivity index (χ3n) is 4.36. The molecule has 0 saturated heterocycles. The number of hydrogen-bond donors (Lipinski definition) is 1. The van der Waals surface area contributed by atoms with Crippen molar-refractivity contribution in [3.8, 4) is 16.9 Å². The van der Waals surface area contributed by atoms with Crippen molar-refractivity contribution in [1.29, 1.82) is 0 Å². The van der Waals surface area contributed by atoms with Gasteiger partial charge < -0.3 is 0 Å². The summed E-state index contributed by atoms with van der Waals surface area (Å²) in [4.78, 5) is 16.9. The average molecular weight is 413 g/mol. The lowest BCUT2D eigenvalue weighted by Gasteiger charge is -2.12. The maximum Gasteiger partial charge on any atom is 0.186 e. The molecule has 30 heavy (non-hydrogen) atoms. The van der Waals surface area contributed by atoms with Crippen molar-refractivity contribution >= 4 is 28.3 Å². The van der Waals surface area contributed by atoms with Gasteiger partial charge in [0, 0.05) is 18.2 Å². The largest absolute Gasteiger partial charge is 0.292 e. The first kappa shape index (κ1) is 19.7. The molecule has 4 aromatic rings. The van der Waals surface area contributed by atoms with Gasteiger partial charge >= 0.3 is 0 Å². The summed E-state index contributed by atoms with van der Waals surface area (Å²) >= 11 is 1.24. The number of Topliss-reactive ketones (excluding diaryl/α,β-unsaturated/α-hetero) is 1. The minimum absolute atomic E-state index is 0.132. The fraction of sp³-hybridized carbons (Fsp3) is 0.0417. The molecule has 1 heterocycles. The molecular formula is C24H20N4OS. The normalized spacial score (nSPS) is 11.3. The molecule has 0 amide bonds. The van der Waals surface area contributed by atoms with E-state index in [0.29, 0.717) is 10.2 Å². The maximum atomic E-state index is 12.3. The Morgan fingerprint density at radius 2 is 1.50 bits per heavy atom. The quantitative estimate of drug-likeness (QED) is 0.193. The van der Waals surface area contributed by atoms with E-state index in [2.05, 4.69) is 15.5 Å². The molecule has 0 radical (unpaired) electrons. The first-order chi connectivity index (χ1) is 14.7. The van der Waals surface area contributed by atoms with Gasteiger partial charge in [-0.25, -0.2) is 4.98 Å². The number of ketones is 1. The van der Waals surface area contributed by atoms with Crippen molar-refractivity contribution < 1.29 is 4.79 Å². The van der Waals surface area contributed by atoms with Crippen LogP contribution in [0.15, 0.2) is 107 Å². The number of para-hydroxylation sites is 2. The number of imidazole rings is 1. The van der Waals surface area contributed by atoms with E-state index in [-0.39, 0.29) is 5.78 Å². The molecule has 4 rings (SSSR count). The molecule has 5 nitrogen and oxygen atoms in total. The predicted molar refractivity (Wildman–Crippen MR) is 123 cm³/mol. The highest BCUT2D eigenvalue weighted by Crippen LogP contribution is 2.30. The van der Waals surface area contributed by atoms with Crippen molar-refractivity contribution in [2.45, 2.75) is 12.1 Å². The number of hydrazone groups is 1. The lowest BCUT2D eigenvalue weighted by atomic mass is 10.1. The number of nitrogens with one attached hydrogen (secondary N) is 1. The molecule has 0 bridgehead atoms. The number of rotatable bonds is 6. The number of anilines is 1. The van der Waals surface area contributed by atoms with Crippen molar-refractivity contribution in [3.63, 3.8) is 0 Å². The van der Waals surface area contributed by atoms with Gasteiger partial charge in [0.1, 0.15) is 0 Å². The molecule has 0 fully saturated rings. The van der Waals surface area contributed by atoms with Crippen molar-refractivity contribution in [3.05, 3.63) is 97.2 Å². The van der Waals surface area contributed by atoms with Crippen LogP contribution in [0.3, 0.4) is 0 Å². The summed E-state index contributed by atoms with van der Waals surface area (Å²) in [6.45, 7) is 1.51. The van der Waals surface area contributed by atoms with Gasteiger partial charge in [0.15, 0.2) is 16.0 Å². The van der Waals surface area contributed by atoms with Crippen LogP contribution in [0, 0.1) is 0 Å². The maximum absolute atomic E-state index is 12.3. The second kappa shape index (κ2) is 9.24. The molecule has 0 saturated carbocycles. The first-order valence-electron chi connectivity index (χ1n) is 9.48. The Hall–Kier alpha value is -3.64. The Morgan fingerprint density at radius 3 is 2.13 bits per heavy atom. The van der Waals surface area contributed by atoms with Gasteiger partial charge in [-0.2, -0.15) is 5.10 Å². The molecule has 0 aliphatic heterocycles. The lowest BCUT2D eigenvalue weighted by Crippen LogP contribution is -2.10. The minimum atomic E-state index is -0.132. The average Bonchev–Trinajstić information content (AvgIpc) is 3.22. The van der Waals surface area contributed by atoms with E-state index in [9.17, 15) is 4.79 Å². The highest BCUT2D eigenvalue weighted by molar-refractivity contribution is 8.15. The highest BCUT2D eigenvalue weighted by atomic mass is 32.2.